The Hall–Kier alpha value is -1.64. The summed E-state index contributed by atoms with van der Waals surface area (Å²) in [7, 11) is 5.32. The molecule has 2 atom stereocenters. The first-order chi connectivity index (χ1) is 11.9. The van der Waals surface area contributed by atoms with Gasteiger partial charge in [-0.3, -0.25) is 9.69 Å². The first-order valence-electron chi connectivity index (χ1n) is 8.39. The molecular weight excluding hydrogens is 337 g/mol. The largest absolute Gasteiger partial charge is 0.491 e. The number of aliphatic hydroxyl groups is 1. The van der Waals surface area contributed by atoms with Crippen LogP contribution in [0.5, 0.6) is 5.75 Å². The summed E-state index contributed by atoms with van der Waals surface area (Å²) in [6.45, 7) is 6.61. The van der Waals surface area contributed by atoms with Gasteiger partial charge in [0.1, 0.15) is 18.5 Å². The lowest BCUT2D eigenvalue weighted by Gasteiger charge is -2.40. The molecule has 1 aromatic heterocycles. The number of hydrogen-bond acceptors (Lipinski definition) is 6. The number of hydrogen-bond donors (Lipinski definition) is 1. The number of β-amino-alcohol motifs (C(OH)–C–C–N with tert-alkyl or cyclic N) is 1. The van der Waals surface area contributed by atoms with Crippen molar-refractivity contribution in [2.24, 2.45) is 0 Å². The number of benzene rings is 1. The van der Waals surface area contributed by atoms with Crippen molar-refractivity contribution in [3.63, 3.8) is 0 Å². The molecule has 1 N–H and O–H groups in total. The maximum Gasteiger partial charge on any atom is 0.200 e. The SMILES string of the molecule is [B]C(=O)N1CCN(CC(O)COc2ccc3sc(C)nc3c2)C(C)C1. The van der Waals surface area contributed by atoms with E-state index in [2.05, 4.69) is 9.88 Å². The van der Waals surface area contributed by atoms with Crippen LogP contribution in [-0.4, -0.2) is 78.5 Å². The minimum Gasteiger partial charge on any atom is -0.491 e. The van der Waals surface area contributed by atoms with E-state index < -0.39 is 6.10 Å². The smallest absolute Gasteiger partial charge is 0.200 e. The zero-order valence-electron chi connectivity index (χ0n) is 14.5. The van der Waals surface area contributed by atoms with Crippen LogP contribution in [0, 0.1) is 6.92 Å². The molecule has 2 aromatic rings. The van der Waals surface area contributed by atoms with E-state index in [1.54, 1.807) is 16.2 Å². The Bertz CT molecular complexity index is 754. The number of thiazole rings is 1. The highest BCUT2D eigenvalue weighted by atomic mass is 32.1. The maximum atomic E-state index is 11.2. The number of aliphatic hydroxyl groups excluding tert-OH is 1. The van der Waals surface area contributed by atoms with Gasteiger partial charge in [-0.05, 0) is 26.0 Å². The number of ether oxygens (including phenoxy) is 1. The van der Waals surface area contributed by atoms with Crippen molar-refractivity contribution in [1.82, 2.24) is 14.8 Å². The average molecular weight is 359 g/mol. The topological polar surface area (TPSA) is 65.9 Å². The van der Waals surface area contributed by atoms with Crippen LogP contribution in [-0.2, 0) is 0 Å². The van der Waals surface area contributed by atoms with Crippen LogP contribution < -0.4 is 4.74 Å². The molecule has 6 nitrogen and oxygen atoms in total. The van der Waals surface area contributed by atoms with E-state index >= 15 is 0 Å². The van der Waals surface area contributed by atoms with E-state index in [4.69, 9.17) is 12.6 Å². The summed E-state index contributed by atoms with van der Waals surface area (Å²) in [6.07, 6.45) is -0.601. The zero-order valence-corrected chi connectivity index (χ0v) is 15.3. The lowest BCUT2D eigenvalue weighted by Crippen LogP contribution is -2.55. The quantitative estimate of drug-likeness (QED) is 0.823. The summed E-state index contributed by atoms with van der Waals surface area (Å²) in [5, 5.41) is 11.3. The molecule has 1 amide bonds. The highest BCUT2D eigenvalue weighted by molar-refractivity contribution is 7.18. The Balaban J connectivity index is 1.50. The van der Waals surface area contributed by atoms with E-state index in [0.717, 1.165) is 15.2 Å². The van der Waals surface area contributed by atoms with Gasteiger partial charge < -0.3 is 14.7 Å². The lowest BCUT2D eigenvalue weighted by atomic mass is 10.1. The summed E-state index contributed by atoms with van der Waals surface area (Å²) < 4.78 is 6.86. The second-order valence-electron chi connectivity index (χ2n) is 6.46. The van der Waals surface area contributed by atoms with Gasteiger partial charge in [-0.1, -0.05) is 0 Å². The molecule has 1 aliphatic heterocycles. The molecule has 2 heterocycles. The van der Waals surface area contributed by atoms with Gasteiger partial charge in [0.2, 0.25) is 7.85 Å². The van der Waals surface area contributed by atoms with Gasteiger partial charge in [0.25, 0.3) is 0 Å². The van der Waals surface area contributed by atoms with E-state index in [-0.39, 0.29) is 18.5 Å². The number of piperazine rings is 1. The van der Waals surface area contributed by atoms with Crippen LogP contribution >= 0.6 is 11.3 Å². The monoisotopic (exact) mass is 359 g/mol. The highest BCUT2D eigenvalue weighted by Crippen LogP contribution is 2.25. The van der Waals surface area contributed by atoms with Gasteiger partial charge in [-0.2, -0.15) is 0 Å². The summed E-state index contributed by atoms with van der Waals surface area (Å²) >= 11 is 1.65. The fourth-order valence-electron chi connectivity index (χ4n) is 3.09. The minimum absolute atomic E-state index is 0.158. The second kappa shape index (κ2) is 7.72. The average Bonchev–Trinajstić information content (AvgIpc) is 2.94. The first kappa shape index (κ1) is 18.2. The van der Waals surface area contributed by atoms with Crippen LogP contribution in [0.3, 0.4) is 0 Å². The third-order valence-corrected chi connectivity index (χ3v) is 5.38. The van der Waals surface area contributed by atoms with Crippen LogP contribution in [0.15, 0.2) is 18.2 Å². The Morgan fingerprint density at radius 1 is 1.52 bits per heavy atom. The number of fused-ring (bicyclic) bond motifs is 1. The molecule has 2 radical (unpaired) electrons. The fourth-order valence-corrected chi connectivity index (χ4v) is 3.90. The van der Waals surface area contributed by atoms with Gasteiger partial charge in [-0.25, -0.2) is 4.98 Å². The second-order valence-corrected chi connectivity index (χ2v) is 7.69. The van der Waals surface area contributed by atoms with Crippen molar-refractivity contribution in [2.45, 2.75) is 26.0 Å². The molecule has 1 aliphatic rings. The van der Waals surface area contributed by atoms with Crippen molar-refractivity contribution in [3.8, 4) is 5.75 Å². The molecule has 1 aromatic carbocycles. The molecule has 0 saturated carbocycles. The maximum absolute atomic E-state index is 11.2. The number of aryl methyl sites for hydroxylation is 1. The first-order valence-corrected chi connectivity index (χ1v) is 9.20. The predicted octanol–water partition coefficient (Wildman–Crippen LogP) is 1.64. The van der Waals surface area contributed by atoms with Crippen LogP contribution in [0.25, 0.3) is 10.2 Å². The number of nitrogens with zero attached hydrogens (tertiary/aromatic N) is 3. The number of rotatable bonds is 5. The molecule has 3 rings (SSSR count). The highest BCUT2D eigenvalue weighted by Gasteiger charge is 2.26. The lowest BCUT2D eigenvalue weighted by molar-refractivity contribution is 0.0316. The minimum atomic E-state index is -0.601. The Labute approximate surface area is 152 Å². The van der Waals surface area contributed by atoms with Gasteiger partial charge in [0.15, 0.2) is 5.81 Å². The third kappa shape index (κ3) is 4.51. The van der Waals surface area contributed by atoms with Crippen molar-refractivity contribution >= 4 is 35.2 Å². The van der Waals surface area contributed by atoms with E-state index in [1.165, 1.54) is 0 Å². The van der Waals surface area contributed by atoms with Crippen molar-refractivity contribution in [2.75, 3.05) is 32.8 Å². The summed E-state index contributed by atoms with van der Waals surface area (Å²) in [5.41, 5.74) is 0.922. The standard InChI is InChI=1S/C17H22BN3O3S/c1-11-8-21(17(18)23)6-5-20(11)9-13(22)10-24-14-3-4-16-15(7-14)19-12(2)25-16/h3-4,7,11,13,22H,5-6,8-10H2,1-2H3. The molecule has 8 heteroatoms. The Morgan fingerprint density at radius 2 is 2.32 bits per heavy atom. The third-order valence-electron chi connectivity index (χ3n) is 4.43. The van der Waals surface area contributed by atoms with Crippen LogP contribution in [0.4, 0.5) is 4.79 Å². The summed E-state index contributed by atoms with van der Waals surface area (Å²) in [4.78, 5) is 19.5. The van der Waals surface area contributed by atoms with E-state index in [1.807, 2.05) is 32.0 Å². The van der Waals surface area contributed by atoms with Crippen molar-refractivity contribution in [1.29, 1.82) is 0 Å². The molecule has 1 saturated heterocycles. The molecule has 0 bridgehead atoms. The molecule has 0 aliphatic carbocycles. The summed E-state index contributed by atoms with van der Waals surface area (Å²) in [6, 6.07) is 5.96. The van der Waals surface area contributed by atoms with Crippen molar-refractivity contribution < 1.29 is 14.6 Å². The molecule has 0 spiro atoms. The van der Waals surface area contributed by atoms with Crippen LogP contribution in [0.2, 0.25) is 0 Å². The fraction of sp³-hybridized carbons (Fsp3) is 0.529. The van der Waals surface area contributed by atoms with Crippen LogP contribution in [0.1, 0.15) is 11.9 Å². The van der Waals surface area contributed by atoms with E-state index in [9.17, 15) is 9.90 Å². The molecule has 25 heavy (non-hydrogen) atoms. The molecule has 2 unspecified atom stereocenters. The Kier molecular flexibility index (Phi) is 5.61. The number of carbonyl (C=O) groups excluding carboxylic acids is 1. The van der Waals surface area contributed by atoms with Gasteiger partial charge >= 0.3 is 0 Å². The number of amides is 1. The zero-order chi connectivity index (χ0) is 18.0. The number of aromatic nitrogens is 1. The number of carbonyl (C=O) groups is 1. The van der Waals surface area contributed by atoms with Gasteiger partial charge in [0, 0.05) is 38.3 Å². The molecule has 1 fully saturated rings. The van der Waals surface area contributed by atoms with Gasteiger partial charge in [-0.15, -0.1) is 11.3 Å². The molecule has 132 valence electrons. The molecular formula is C17H22BN3O3S. The van der Waals surface area contributed by atoms with E-state index in [0.29, 0.717) is 31.9 Å². The predicted molar refractivity (Wildman–Crippen MR) is 99.6 cm³/mol. The summed E-state index contributed by atoms with van der Waals surface area (Å²) in [5.74, 6) is 0.325. The Morgan fingerprint density at radius 3 is 3.04 bits per heavy atom. The normalized spacial score (nSPS) is 20.0. The van der Waals surface area contributed by atoms with Crippen molar-refractivity contribution in [3.05, 3.63) is 23.2 Å². The van der Waals surface area contributed by atoms with Gasteiger partial charge in [0.05, 0.1) is 15.2 Å².